The summed E-state index contributed by atoms with van der Waals surface area (Å²) >= 11 is 0. The van der Waals surface area contributed by atoms with E-state index in [1.807, 2.05) is 29.1 Å². The average Bonchev–Trinajstić information content (AvgIpc) is 3.54. The van der Waals surface area contributed by atoms with Gasteiger partial charge < -0.3 is 20.1 Å². The van der Waals surface area contributed by atoms with Crippen molar-refractivity contribution in [2.24, 2.45) is 0 Å². The van der Waals surface area contributed by atoms with Gasteiger partial charge in [-0.25, -0.2) is 9.97 Å². The highest BCUT2D eigenvalue weighted by Crippen LogP contribution is 2.38. The number of nitrogens with two attached hydrogens (primary N) is 1. The summed E-state index contributed by atoms with van der Waals surface area (Å²) in [6, 6.07) is 11.1. The molecule has 0 amide bonds. The lowest BCUT2D eigenvalue weighted by Gasteiger charge is -2.21. The van der Waals surface area contributed by atoms with Gasteiger partial charge in [-0.1, -0.05) is 6.92 Å². The summed E-state index contributed by atoms with van der Waals surface area (Å²) in [5.74, 6) is 1.25. The molecule has 4 aromatic heterocycles. The summed E-state index contributed by atoms with van der Waals surface area (Å²) < 4.78 is 14.2. The van der Waals surface area contributed by atoms with Gasteiger partial charge in [0.2, 0.25) is 0 Å². The molecular formula is C31H35N7O2S. The fraction of sp³-hybridized carbons (Fsp3) is 0.355. The summed E-state index contributed by atoms with van der Waals surface area (Å²) in [4.78, 5) is 20.6. The van der Waals surface area contributed by atoms with Crippen LogP contribution < -0.4 is 15.4 Å². The zero-order valence-electron chi connectivity index (χ0n) is 23.4. The Morgan fingerprint density at radius 1 is 1.12 bits per heavy atom. The van der Waals surface area contributed by atoms with Gasteiger partial charge in [0.25, 0.3) is 0 Å². The highest BCUT2D eigenvalue weighted by Gasteiger charge is 2.28. The quantitative estimate of drug-likeness (QED) is 0.256. The van der Waals surface area contributed by atoms with E-state index in [1.54, 1.807) is 0 Å². The third kappa shape index (κ3) is 5.17. The molecule has 0 bridgehead atoms. The number of benzene rings is 1. The van der Waals surface area contributed by atoms with Gasteiger partial charge in [0.1, 0.15) is 30.1 Å². The number of ether oxygens (including phenoxy) is 2. The van der Waals surface area contributed by atoms with Crippen LogP contribution in [0.4, 0.5) is 11.5 Å². The van der Waals surface area contributed by atoms with E-state index >= 15 is 0 Å². The first-order valence-corrected chi connectivity index (χ1v) is 14.1. The number of aromatic nitrogens is 5. The van der Waals surface area contributed by atoms with Gasteiger partial charge in [-0.15, -0.1) is 0 Å². The number of nitrogens with zero attached hydrogens (tertiary/aromatic N) is 6. The Bertz CT molecular complexity index is 1710. The normalized spacial score (nSPS) is 16.7. The number of anilines is 2. The maximum atomic E-state index is 6.30. The molecule has 0 spiro atoms. The van der Waals surface area contributed by atoms with E-state index in [9.17, 15) is 0 Å². The molecule has 1 aliphatic carbocycles. The fourth-order valence-corrected chi connectivity index (χ4v) is 5.69. The average molecular weight is 570 g/mol. The van der Waals surface area contributed by atoms with Gasteiger partial charge in [0.05, 0.1) is 28.9 Å². The number of pyridine rings is 2. The lowest BCUT2D eigenvalue weighted by molar-refractivity contribution is 0.113. The van der Waals surface area contributed by atoms with Crippen molar-refractivity contribution in [2.75, 3.05) is 24.3 Å². The second-order valence-electron chi connectivity index (χ2n) is 10.8. The van der Waals surface area contributed by atoms with Crippen molar-refractivity contribution in [1.29, 1.82) is 0 Å². The second-order valence-corrected chi connectivity index (χ2v) is 10.8. The van der Waals surface area contributed by atoms with Crippen LogP contribution in [0.15, 0.2) is 55.2 Å². The van der Waals surface area contributed by atoms with Crippen molar-refractivity contribution in [3.8, 4) is 11.4 Å². The first-order valence-electron chi connectivity index (χ1n) is 14.1. The molecule has 1 aromatic carbocycles. The number of hydrogen-bond acceptors (Lipinski definition) is 8. The summed E-state index contributed by atoms with van der Waals surface area (Å²) in [5.41, 5.74) is 13.2. The summed E-state index contributed by atoms with van der Waals surface area (Å²) in [6.45, 7) is 3.28. The maximum Gasteiger partial charge on any atom is 0.150 e. The van der Waals surface area contributed by atoms with Crippen LogP contribution >= 0.6 is 13.5 Å². The topological polar surface area (TPSA) is 104 Å². The Kier molecular flexibility index (Phi) is 7.44. The number of rotatable bonds is 8. The molecule has 5 heterocycles. The first kappa shape index (κ1) is 27.3. The summed E-state index contributed by atoms with van der Waals surface area (Å²) in [7, 11) is 2.19. The molecule has 0 radical (unpaired) electrons. The fourth-order valence-electron chi connectivity index (χ4n) is 5.69. The van der Waals surface area contributed by atoms with E-state index in [1.165, 1.54) is 24.9 Å². The first-order chi connectivity index (χ1) is 19.6. The molecule has 0 unspecified atom stereocenters. The Balaban J connectivity index is 0.00000302. The summed E-state index contributed by atoms with van der Waals surface area (Å²) in [6.07, 6.45) is 12.6. The number of nitrogen functional groups attached to an aromatic ring is 1. The number of aryl methyl sites for hydroxylation is 1. The van der Waals surface area contributed by atoms with Crippen LogP contribution in [0.1, 0.15) is 55.5 Å². The third-order valence-corrected chi connectivity index (χ3v) is 8.03. The Morgan fingerprint density at radius 2 is 2.00 bits per heavy atom. The minimum atomic E-state index is -0.00385. The second kappa shape index (κ2) is 11.2. The molecule has 1 atom stereocenters. The van der Waals surface area contributed by atoms with Crippen LogP contribution in [0.5, 0.6) is 5.75 Å². The Morgan fingerprint density at radius 3 is 2.78 bits per heavy atom. The minimum Gasteiger partial charge on any atom is -0.489 e. The molecule has 10 heteroatoms. The van der Waals surface area contributed by atoms with Crippen LogP contribution in [-0.2, 0) is 17.8 Å². The van der Waals surface area contributed by atoms with Crippen molar-refractivity contribution in [2.45, 2.75) is 57.8 Å². The van der Waals surface area contributed by atoms with Crippen LogP contribution in [0.2, 0.25) is 0 Å². The van der Waals surface area contributed by atoms with Crippen LogP contribution in [-0.4, -0.2) is 44.2 Å². The van der Waals surface area contributed by atoms with Crippen molar-refractivity contribution in [3.63, 3.8) is 0 Å². The van der Waals surface area contributed by atoms with Gasteiger partial charge >= 0.3 is 0 Å². The molecule has 5 aromatic rings. The highest BCUT2D eigenvalue weighted by atomic mass is 32.1. The molecule has 41 heavy (non-hydrogen) atoms. The van der Waals surface area contributed by atoms with Gasteiger partial charge in [0, 0.05) is 66.1 Å². The largest absolute Gasteiger partial charge is 0.489 e. The zero-order chi connectivity index (χ0) is 27.2. The van der Waals surface area contributed by atoms with E-state index in [0.717, 1.165) is 76.1 Å². The van der Waals surface area contributed by atoms with Crippen molar-refractivity contribution in [3.05, 3.63) is 72.1 Å². The van der Waals surface area contributed by atoms with E-state index in [2.05, 4.69) is 58.2 Å². The number of fused-ring (bicyclic) bond motifs is 2. The smallest absolute Gasteiger partial charge is 0.150 e. The maximum absolute atomic E-state index is 6.30. The molecular weight excluding hydrogens is 534 g/mol. The van der Waals surface area contributed by atoms with Gasteiger partial charge in [-0.05, 0) is 56.4 Å². The molecule has 2 aliphatic rings. The molecule has 1 saturated heterocycles. The Labute approximate surface area is 246 Å². The molecule has 2 N–H and O–H groups in total. The van der Waals surface area contributed by atoms with E-state index < -0.39 is 0 Å². The predicted octanol–water partition coefficient (Wildman–Crippen LogP) is 5.65. The van der Waals surface area contributed by atoms with Crippen LogP contribution in [0.25, 0.3) is 27.6 Å². The lowest BCUT2D eigenvalue weighted by atomic mass is 10.1. The van der Waals surface area contributed by atoms with Gasteiger partial charge in [-0.2, -0.15) is 13.5 Å². The highest BCUT2D eigenvalue weighted by molar-refractivity contribution is 7.59. The standard InChI is InChI=1S/C31H33N7O2.H2S/c1-3-20-12-27(37(2)21-6-7-21)24-9-8-23(13-26(24)36-20)40-17-19-11-22(15-33-14-19)38-16-25(28-5-4-10-39-28)29-30(32)34-18-35-31(29)38;/h8-9,11-16,18,21,28H,3-7,10,17H2,1-2H3,(H2,32,34,35);1H2/t28-;/m0./s1. The van der Waals surface area contributed by atoms with Crippen LogP contribution in [0, 0.1) is 0 Å². The SMILES string of the molecule is CCc1cc(N(C)C2CC2)c2ccc(OCc3cncc(-n4cc([C@@H]5CCCO5)c5c(N)ncnc54)c3)cc2n1.S. The van der Waals surface area contributed by atoms with E-state index in [-0.39, 0.29) is 19.6 Å². The van der Waals surface area contributed by atoms with E-state index in [4.69, 9.17) is 20.2 Å². The summed E-state index contributed by atoms with van der Waals surface area (Å²) in [5, 5.41) is 2.00. The molecule has 1 aliphatic heterocycles. The van der Waals surface area contributed by atoms with Crippen molar-refractivity contribution in [1.82, 2.24) is 24.5 Å². The number of hydrogen-bond donors (Lipinski definition) is 1. The molecule has 2 fully saturated rings. The van der Waals surface area contributed by atoms with Crippen molar-refractivity contribution < 1.29 is 9.47 Å². The zero-order valence-corrected chi connectivity index (χ0v) is 24.4. The Hall–Kier alpha value is -3.89. The van der Waals surface area contributed by atoms with E-state index in [0.29, 0.717) is 18.5 Å². The minimum absolute atomic E-state index is 0. The molecule has 1 saturated carbocycles. The lowest BCUT2D eigenvalue weighted by Crippen LogP contribution is -2.20. The third-order valence-electron chi connectivity index (χ3n) is 8.03. The monoisotopic (exact) mass is 569 g/mol. The van der Waals surface area contributed by atoms with Gasteiger partial charge in [0.15, 0.2) is 0 Å². The predicted molar refractivity (Wildman–Crippen MR) is 166 cm³/mol. The molecule has 212 valence electrons. The van der Waals surface area contributed by atoms with Crippen molar-refractivity contribution >= 4 is 46.9 Å². The molecule has 9 nitrogen and oxygen atoms in total. The van der Waals surface area contributed by atoms with Crippen LogP contribution in [0.3, 0.4) is 0 Å². The van der Waals surface area contributed by atoms with Gasteiger partial charge in [-0.3, -0.25) is 14.5 Å². The molecule has 7 rings (SSSR count).